The topological polar surface area (TPSA) is 32.8 Å². The van der Waals surface area contributed by atoms with Crippen LogP contribution < -0.4 is 0 Å². The molecule has 17 heavy (non-hydrogen) atoms. The molecule has 0 spiro atoms. The van der Waals surface area contributed by atoms with E-state index >= 15 is 0 Å². The zero-order valence-corrected chi connectivity index (χ0v) is 9.31. The molecule has 89 valence electrons. The van der Waals surface area contributed by atoms with Crippen LogP contribution in [0.4, 0.5) is 13.2 Å². The Bertz CT molecular complexity index is 504. The highest BCUT2D eigenvalue weighted by atomic mass is 32.1. The van der Waals surface area contributed by atoms with E-state index in [4.69, 9.17) is 0 Å². The molecule has 0 N–H and O–H groups in total. The van der Waals surface area contributed by atoms with Crippen LogP contribution in [0.25, 0.3) is 10.6 Å². The van der Waals surface area contributed by atoms with Crippen LogP contribution in [0.5, 0.6) is 0 Å². The maximum absolute atomic E-state index is 12.3. The van der Waals surface area contributed by atoms with Crippen LogP contribution in [0.15, 0.2) is 30.5 Å². The van der Waals surface area contributed by atoms with Crippen molar-refractivity contribution in [2.75, 3.05) is 0 Å². The summed E-state index contributed by atoms with van der Waals surface area (Å²) in [6, 6.07) is 4.73. The second kappa shape index (κ2) is 4.46. The lowest BCUT2D eigenvalue weighted by Gasteiger charge is -2.06. The lowest BCUT2D eigenvalue weighted by molar-refractivity contribution is -0.137. The van der Waals surface area contributed by atoms with Crippen molar-refractivity contribution in [2.24, 2.45) is 0 Å². The molecular formula is C11H7F3NOS. The van der Waals surface area contributed by atoms with Gasteiger partial charge in [0, 0.05) is 11.8 Å². The number of nitrogens with zero attached hydrogens (tertiary/aromatic N) is 1. The van der Waals surface area contributed by atoms with Crippen molar-refractivity contribution in [1.82, 2.24) is 4.98 Å². The summed E-state index contributed by atoms with van der Waals surface area (Å²) in [6.45, 7) is -0.363. The number of alkyl halides is 3. The van der Waals surface area contributed by atoms with E-state index in [1.165, 1.54) is 29.7 Å². The Morgan fingerprint density at radius 1 is 1.18 bits per heavy atom. The number of hydrogen-bond donors (Lipinski definition) is 0. The van der Waals surface area contributed by atoms with E-state index in [1.807, 2.05) is 0 Å². The summed E-state index contributed by atoms with van der Waals surface area (Å²) < 4.78 is 37.0. The first-order chi connectivity index (χ1) is 8.00. The summed E-state index contributed by atoms with van der Waals surface area (Å²) in [5, 5.41) is 11.1. The highest BCUT2D eigenvalue weighted by Gasteiger charge is 2.30. The molecule has 0 bridgehead atoms. The van der Waals surface area contributed by atoms with Gasteiger partial charge in [0.05, 0.1) is 10.4 Å². The van der Waals surface area contributed by atoms with Crippen molar-refractivity contribution in [3.63, 3.8) is 0 Å². The van der Waals surface area contributed by atoms with Crippen molar-refractivity contribution in [1.29, 1.82) is 0 Å². The third-order valence-corrected chi connectivity index (χ3v) is 3.17. The number of thiazole rings is 1. The molecular weight excluding hydrogens is 251 g/mol. The van der Waals surface area contributed by atoms with E-state index in [9.17, 15) is 18.3 Å². The summed E-state index contributed by atoms with van der Waals surface area (Å²) in [4.78, 5) is 4.56. The number of rotatable bonds is 2. The van der Waals surface area contributed by atoms with Crippen molar-refractivity contribution in [3.8, 4) is 10.6 Å². The fourth-order valence-corrected chi connectivity index (χ4v) is 2.08. The molecule has 0 amide bonds. The number of benzene rings is 1. The minimum atomic E-state index is -4.33. The first kappa shape index (κ1) is 12.1. The maximum Gasteiger partial charge on any atom is 0.416 e. The molecule has 6 heteroatoms. The smallest absolute Gasteiger partial charge is 0.244 e. The number of halogens is 3. The fourth-order valence-electron chi connectivity index (χ4n) is 1.31. The summed E-state index contributed by atoms with van der Waals surface area (Å²) in [5.74, 6) is 0. The number of aromatic nitrogens is 1. The van der Waals surface area contributed by atoms with Gasteiger partial charge in [-0.15, -0.1) is 11.3 Å². The minimum absolute atomic E-state index is 0.363. The van der Waals surface area contributed by atoms with Gasteiger partial charge in [0.25, 0.3) is 0 Å². The van der Waals surface area contributed by atoms with Crippen LogP contribution in [0.1, 0.15) is 10.4 Å². The maximum atomic E-state index is 12.3. The van der Waals surface area contributed by atoms with Crippen LogP contribution in [0.3, 0.4) is 0 Å². The van der Waals surface area contributed by atoms with Crippen LogP contribution in [-0.2, 0) is 17.9 Å². The predicted molar refractivity (Wildman–Crippen MR) is 56.9 cm³/mol. The standard InChI is InChI=1S/C11H7F3NOS/c12-11(13,14)8-3-1-7(2-4-8)10-15-5-9(6-16)17-10/h1-5H,6H2. The zero-order chi connectivity index (χ0) is 12.5. The molecule has 0 aliphatic heterocycles. The quantitative estimate of drug-likeness (QED) is 0.807. The molecule has 1 heterocycles. The summed E-state index contributed by atoms with van der Waals surface area (Å²) in [5.41, 5.74) is -0.107. The minimum Gasteiger partial charge on any atom is -0.244 e. The predicted octanol–water partition coefficient (Wildman–Crippen LogP) is 3.76. The Kier molecular flexibility index (Phi) is 3.17. The van der Waals surface area contributed by atoms with Gasteiger partial charge in [-0.05, 0) is 12.1 Å². The molecule has 0 fully saturated rings. The van der Waals surface area contributed by atoms with E-state index in [0.717, 1.165) is 12.1 Å². The molecule has 1 aromatic heterocycles. The first-order valence-corrected chi connectivity index (χ1v) is 5.53. The molecule has 0 aliphatic rings. The average molecular weight is 258 g/mol. The Hall–Kier alpha value is -1.40. The van der Waals surface area contributed by atoms with Crippen molar-refractivity contribution < 1.29 is 18.3 Å². The molecule has 0 saturated heterocycles. The Morgan fingerprint density at radius 2 is 1.82 bits per heavy atom. The third kappa shape index (κ3) is 2.65. The van der Waals surface area contributed by atoms with E-state index in [-0.39, 0.29) is 6.61 Å². The van der Waals surface area contributed by atoms with E-state index in [0.29, 0.717) is 15.4 Å². The molecule has 0 aliphatic carbocycles. The monoisotopic (exact) mass is 258 g/mol. The summed E-state index contributed by atoms with van der Waals surface area (Å²) in [6.07, 6.45) is -2.88. The van der Waals surface area contributed by atoms with Gasteiger partial charge in [-0.3, -0.25) is 0 Å². The highest BCUT2D eigenvalue weighted by molar-refractivity contribution is 7.15. The Morgan fingerprint density at radius 3 is 2.29 bits per heavy atom. The SMILES string of the molecule is [O]Cc1cnc(-c2ccc(C(F)(F)F)cc2)s1. The second-order valence-corrected chi connectivity index (χ2v) is 4.47. The van der Waals surface area contributed by atoms with Gasteiger partial charge >= 0.3 is 6.18 Å². The van der Waals surface area contributed by atoms with Gasteiger partial charge in [0.15, 0.2) is 0 Å². The molecule has 2 aromatic rings. The first-order valence-electron chi connectivity index (χ1n) is 4.71. The Balaban J connectivity index is 2.29. The largest absolute Gasteiger partial charge is 0.416 e. The molecule has 0 unspecified atom stereocenters. The van der Waals surface area contributed by atoms with E-state index in [1.54, 1.807) is 0 Å². The van der Waals surface area contributed by atoms with Gasteiger partial charge in [0.1, 0.15) is 11.6 Å². The second-order valence-electron chi connectivity index (χ2n) is 3.35. The lowest BCUT2D eigenvalue weighted by Crippen LogP contribution is -2.03. The van der Waals surface area contributed by atoms with Crippen molar-refractivity contribution >= 4 is 11.3 Å². The molecule has 2 rings (SSSR count). The van der Waals surface area contributed by atoms with Crippen LogP contribution in [0.2, 0.25) is 0 Å². The van der Waals surface area contributed by atoms with Crippen molar-refractivity contribution in [2.45, 2.75) is 12.8 Å². The van der Waals surface area contributed by atoms with Gasteiger partial charge in [-0.1, -0.05) is 12.1 Å². The van der Waals surface area contributed by atoms with Crippen LogP contribution in [0, 0.1) is 0 Å². The van der Waals surface area contributed by atoms with Gasteiger partial charge in [0.2, 0.25) is 0 Å². The summed E-state index contributed by atoms with van der Waals surface area (Å²) in [7, 11) is 0. The Labute approximate surface area is 99.4 Å². The van der Waals surface area contributed by atoms with E-state index in [2.05, 4.69) is 4.98 Å². The normalized spacial score (nSPS) is 11.8. The molecule has 0 saturated carbocycles. The molecule has 1 aromatic carbocycles. The molecule has 2 nitrogen and oxygen atoms in total. The van der Waals surface area contributed by atoms with Gasteiger partial charge < -0.3 is 0 Å². The van der Waals surface area contributed by atoms with E-state index < -0.39 is 11.7 Å². The highest BCUT2D eigenvalue weighted by Crippen LogP contribution is 2.32. The number of hydrogen-bond acceptors (Lipinski definition) is 2. The fraction of sp³-hybridized carbons (Fsp3) is 0.182. The average Bonchev–Trinajstić information content (AvgIpc) is 2.76. The van der Waals surface area contributed by atoms with Gasteiger partial charge in [-0.25, -0.2) is 10.1 Å². The summed E-state index contributed by atoms with van der Waals surface area (Å²) >= 11 is 1.19. The van der Waals surface area contributed by atoms with Gasteiger partial charge in [-0.2, -0.15) is 13.2 Å². The molecule has 1 radical (unpaired) electrons. The molecule has 0 atom stereocenters. The lowest BCUT2D eigenvalue weighted by atomic mass is 10.1. The van der Waals surface area contributed by atoms with Crippen molar-refractivity contribution in [3.05, 3.63) is 40.9 Å². The zero-order valence-electron chi connectivity index (χ0n) is 8.49. The van der Waals surface area contributed by atoms with Crippen LogP contribution in [-0.4, -0.2) is 4.98 Å². The third-order valence-electron chi connectivity index (χ3n) is 2.16. The van der Waals surface area contributed by atoms with Crippen LogP contribution >= 0.6 is 11.3 Å².